The van der Waals surface area contributed by atoms with Gasteiger partial charge in [0.05, 0.1) is 0 Å². The first-order valence-corrected chi connectivity index (χ1v) is 4.88. The highest BCUT2D eigenvalue weighted by Gasteiger charge is 1.84. The van der Waals surface area contributed by atoms with Crippen molar-refractivity contribution < 1.29 is 4.79 Å². The van der Waals surface area contributed by atoms with Crippen LogP contribution in [0.2, 0.25) is 0 Å². The third kappa shape index (κ3) is 22.4. The fraction of sp³-hybridized carbons (Fsp3) is 0.778. The van der Waals surface area contributed by atoms with Crippen molar-refractivity contribution in [1.82, 2.24) is 0 Å². The van der Waals surface area contributed by atoms with E-state index >= 15 is 0 Å². The van der Waals surface area contributed by atoms with Gasteiger partial charge in [0.2, 0.25) is 5.91 Å². The largest absolute Gasteiger partial charge is 0.370 e. The zero-order chi connectivity index (χ0) is 11.4. The molecule has 0 aromatic rings. The molecule has 0 atom stereocenters. The molecule has 0 unspecified atom stereocenters. The second-order valence-electron chi connectivity index (χ2n) is 2.88. The van der Waals surface area contributed by atoms with Crippen molar-refractivity contribution in [2.45, 2.75) is 39.5 Å². The molecule has 0 aromatic heterocycles. The van der Waals surface area contributed by atoms with Gasteiger partial charge in [-0.05, 0) is 12.8 Å². The molecular formula is C9H22N4O. The summed E-state index contributed by atoms with van der Waals surface area (Å²) >= 11 is 0. The number of primary amides is 1. The Bertz CT molecular complexity index is 164. The monoisotopic (exact) mass is 202 g/mol. The molecule has 0 aliphatic heterocycles. The van der Waals surface area contributed by atoms with Gasteiger partial charge in [-0.2, -0.15) is 0 Å². The van der Waals surface area contributed by atoms with Crippen LogP contribution < -0.4 is 17.2 Å². The minimum absolute atomic E-state index is 0.193. The lowest BCUT2D eigenvalue weighted by Gasteiger charge is -1.89. The molecule has 14 heavy (non-hydrogen) atoms. The Morgan fingerprint density at radius 1 is 1.14 bits per heavy atom. The second kappa shape index (κ2) is 11.7. The summed E-state index contributed by atoms with van der Waals surface area (Å²) in [4.78, 5) is 13.6. The molecule has 84 valence electrons. The topological polar surface area (TPSA) is 107 Å². The molecule has 0 heterocycles. The van der Waals surface area contributed by atoms with E-state index in [-0.39, 0.29) is 11.9 Å². The molecule has 0 spiro atoms. The number of guanidine groups is 1. The van der Waals surface area contributed by atoms with Crippen LogP contribution in [0, 0.1) is 0 Å². The summed E-state index contributed by atoms with van der Waals surface area (Å²) in [6.07, 6.45) is 3.57. The van der Waals surface area contributed by atoms with Gasteiger partial charge in [0, 0.05) is 13.0 Å². The Morgan fingerprint density at radius 3 is 1.93 bits per heavy atom. The first-order chi connectivity index (χ1) is 6.54. The number of rotatable bonds is 5. The molecule has 0 aliphatic rings. The first-order valence-electron chi connectivity index (χ1n) is 4.88. The van der Waals surface area contributed by atoms with Crippen LogP contribution in [0.5, 0.6) is 0 Å². The highest BCUT2D eigenvalue weighted by atomic mass is 16.1. The van der Waals surface area contributed by atoms with Crippen LogP contribution in [0.4, 0.5) is 0 Å². The van der Waals surface area contributed by atoms with Gasteiger partial charge in [0.1, 0.15) is 0 Å². The minimum Gasteiger partial charge on any atom is -0.370 e. The maximum absolute atomic E-state index is 9.82. The van der Waals surface area contributed by atoms with Crippen LogP contribution >= 0.6 is 0 Å². The summed E-state index contributed by atoms with van der Waals surface area (Å²) in [5.74, 6) is -0.0176. The van der Waals surface area contributed by atoms with Gasteiger partial charge >= 0.3 is 0 Å². The molecule has 0 radical (unpaired) electrons. The highest BCUT2D eigenvalue weighted by molar-refractivity contribution is 5.75. The van der Waals surface area contributed by atoms with Gasteiger partial charge in [0.25, 0.3) is 0 Å². The molecule has 5 nitrogen and oxygen atoms in total. The zero-order valence-electron chi connectivity index (χ0n) is 9.12. The SMILES string of the molecule is CCCC(N)=O.CCCCN=C(N)N. The number of nitrogens with zero attached hydrogens (tertiary/aromatic N) is 1. The lowest BCUT2D eigenvalue weighted by Crippen LogP contribution is -2.22. The lowest BCUT2D eigenvalue weighted by molar-refractivity contribution is -0.118. The third-order valence-corrected chi connectivity index (χ3v) is 1.30. The molecule has 6 N–H and O–H groups in total. The van der Waals surface area contributed by atoms with E-state index in [0.717, 1.165) is 25.8 Å². The van der Waals surface area contributed by atoms with Crippen molar-refractivity contribution in [2.24, 2.45) is 22.2 Å². The van der Waals surface area contributed by atoms with Crippen LogP contribution in [-0.4, -0.2) is 18.4 Å². The Labute approximate surface area is 85.7 Å². The number of hydrogen-bond donors (Lipinski definition) is 3. The van der Waals surface area contributed by atoms with Crippen molar-refractivity contribution in [2.75, 3.05) is 6.54 Å². The number of carbonyl (C=O) groups excluding carboxylic acids is 1. The Kier molecular flexibility index (Phi) is 12.8. The van der Waals surface area contributed by atoms with E-state index in [9.17, 15) is 4.79 Å². The van der Waals surface area contributed by atoms with Gasteiger partial charge in [-0.25, -0.2) is 0 Å². The predicted octanol–water partition coefficient (Wildman–Crippen LogP) is 0.332. The van der Waals surface area contributed by atoms with E-state index in [1.165, 1.54) is 0 Å². The molecule has 1 amide bonds. The van der Waals surface area contributed by atoms with Crippen LogP contribution in [0.25, 0.3) is 0 Å². The Hall–Kier alpha value is -1.26. The summed E-state index contributed by atoms with van der Waals surface area (Å²) in [6.45, 7) is 4.78. The van der Waals surface area contributed by atoms with E-state index in [2.05, 4.69) is 11.9 Å². The Morgan fingerprint density at radius 2 is 1.71 bits per heavy atom. The zero-order valence-corrected chi connectivity index (χ0v) is 9.12. The molecule has 0 rings (SSSR count). The van der Waals surface area contributed by atoms with Gasteiger partial charge in [0.15, 0.2) is 5.96 Å². The molecular weight excluding hydrogens is 180 g/mol. The van der Waals surface area contributed by atoms with E-state index < -0.39 is 0 Å². The van der Waals surface area contributed by atoms with Crippen molar-refractivity contribution in [3.63, 3.8) is 0 Å². The smallest absolute Gasteiger partial charge is 0.217 e. The fourth-order valence-electron chi connectivity index (χ4n) is 0.613. The molecule has 5 heteroatoms. The van der Waals surface area contributed by atoms with Crippen LogP contribution in [0.1, 0.15) is 39.5 Å². The second-order valence-corrected chi connectivity index (χ2v) is 2.88. The standard InChI is InChI=1S/C5H13N3.C4H9NO/c1-2-3-4-8-5(6)7;1-2-3-4(5)6/h2-4H2,1H3,(H4,6,7,8);2-3H2,1H3,(H2,5,6). The number of aliphatic imine (C=N–C) groups is 1. The van der Waals surface area contributed by atoms with Crippen molar-refractivity contribution in [3.05, 3.63) is 0 Å². The molecule has 0 aromatic carbocycles. The van der Waals surface area contributed by atoms with Crippen molar-refractivity contribution in [1.29, 1.82) is 0 Å². The lowest BCUT2D eigenvalue weighted by atomic mass is 10.3. The molecule has 0 saturated carbocycles. The number of carbonyl (C=O) groups is 1. The molecule has 0 saturated heterocycles. The average Bonchev–Trinajstić information content (AvgIpc) is 2.05. The van der Waals surface area contributed by atoms with Crippen molar-refractivity contribution >= 4 is 11.9 Å². The summed E-state index contributed by atoms with van der Waals surface area (Å²) in [6, 6.07) is 0. The van der Waals surface area contributed by atoms with E-state index in [1.807, 2.05) is 6.92 Å². The van der Waals surface area contributed by atoms with Gasteiger partial charge < -0.3 is 17.2 Å². The van der Waals surface area contributed by atoms with E-state index in [1.54, 1.807) is 0 Å². The summed E-state index contributed by atoms with van der Waals surface area (Å²) in [5.41, 5.74) is 14.9. The van der Waals surface area contributed by atoms with E-state index in [4.69, 9.17) is 17.2 Å². The number of unbranched alkanes of at least 4 members (excludes halogenated alkanes) is 1. The molecule has 0 bridgehead atoms. The van der Waals surface area contributed by atoms with E-state index in [0.29, 0.717) is 6.42 Å². The van der Waals surface area contributed by atoms with Gasteiger partial charge in [-0.1, -0.05) is 20.3 Å². The fourth-order valence-corrected chi connectivity index (χ4v) is 0.613. The normalized spacial score (nSPS) is 8.43. The van der Waals surface area contributed by atoms with Crippen molar-refractivity contribution in [3.8, 4) is 0 Å². The highest BCUT2D eigenvalue weighted by Crippen LogP contribution is 1.84. The predicted molar refractivity (Wildman–Crippen MR) is 59.7 cm³/mol. The first kappa shape index (κ1) is 15.2. The molecule has 0 fully saturated rings. The molecule has 0 aliphatic carbocycles. The van der Waals surface area contributed by atoms with Crippen LogP contribution in [-0.2, 0) is 4.79 Å². The summed E-state index contributed by atoms with van der Waals surface area (Å²) < 4.78 is 0. The number of amides is 1. The summed E-state index contributed by atoms with van der Waals surface area (Å²) in [5, 5.41) is 0. The quantitative estimate of drug-likeness (QED) is 0.339. The minimum atomic E-state index is -0.211. The number of hydrogen-bond acceptors (Lipinski definition) is 2. The maximum Gasteiger partial charge on any atom is 0.217 e. The van der Waals surface area contributed by atoms with Crippen LogP contribution in [0.3, 0.4) is 0 Å². The van der Waals surface area contributed by atoms with Gasteiger partial charge in [-0.15, -0.1) is 0 Å². The maximum atomic E-state index is 9.82. The van der Waals surface area contributed by atoms with Crippen LogP contribution in [0.15, 0.2) is 4.99 Å². The number of nitrogens with two attached hydrogens (primary N) is 3. The van der Waals surface area contributed by atoms with Gasteiger partial charge in [-0.3, -0.25) is 9.79 Å². The Balaban J connectivity index is 0. The average molecular weight is 202 g/mol. The summed E-state index contributed by atoms with van der Waals surface area (Å²) in [7, 11) is 0. The third-order valence-electron chi connectivity index (χ3n) is 1.30.